The lowest BCUT2D eigenvalue weighted by Crippen LogP contribution is -2.49. The van der Waals surface area contributed by atoms with Crippen LogP contribution in [0.25, 0.3) is 0 Å². The van der Waals surface area contributed by atoms with E-state index in [1.165, 1.54) is 6.07 Å². The second-order valence-electron chi connectivity index (χ2n) is 4.24. The van der Waals surface area contributed by atoms with Crippen molar-refractivity contribution in [2.75, 3.05) is 11.9 Å². The average molecular weight is 303 g/mol. The summed E-state index contributed by atoms with van der Waals surface area (Å²) in [6, 6.07) is 4.49. The maximum atomic E-state index is 13.3. The molecule has 0 unspecified atom stereocenters. The highest BCUT2D eigenvalue weighted by atomic mass is 79.9. The van der Waals surface area contributed by atoms with Crippen molar-refractivity contribution < 1.29 is 9.18 Å². The van der Waals surface area contributed by atoms with Crippen LogP contribution in [0.4, 0.5) is 10.1 Å². The first-order valence-electron chi connectivity index (χ1n) is 5.38. The number of amides is 1. The van der Waals surface area contributed by atoms with E-state index in [4.69, 9.17) is 0 Å². The van der Waals surface area contributed by atoms with Crippen LogP contribution in [0.5, 0.6) is 0 Å². The highest BCUT2D eigenvalue weighted by Crippen LogP contribution is 2.20. The van der Waals surface area contributed by atoms with E-state index < -0.39 is 11.4 Å². The van der Waals surface area contributed by atoms with Gasteiger partial charge in [0.25, 0.3) is 0 Å². The van der Waals surface area contributed by atoms with Crippen LogP contribution in [0.3, 0.4) is 0 Å². The number of carbonyl (C=O) groups is 1. The quantitative estimate of drug-likeness (QED) is 0.898. The monoisotopic (exact) mass is 302 g/mol. The topological polar surface area (TPSA) is 41.1 Å². The van der Waals surface area contributed by atoms with Gasteiger partial charge >= 0.3 is 0 Å². The Bertz CT molecular complexity index is 421. The predicted molar refractivity (Wildman–Crippen MR) is 70.5 cm³/mol. The van der Waals surface area contributed by atoms with E-state index in [9.17, 15) is 9.18 Å². The molecule has 0 spiro atoms. The van der Waals surface area contributed by atoms with E-state index in [-0.39, 0.29) is 5.91 Å². The Labute approximate surface area is 109 Å². The fourth-order valence-electron chi connectivity index (χ4n) is 1.38. The first kappa shape index (κ1) is 14.1. The maximum Gasteiger partial charge on any atom is 0.244 e. The van der Waals surface area contributed by atoms with Crippen molar-refractivity contribution in [2.24, 2.45) is 0 Å². The normalized spacial score (nSPS) is 11.4. The van der Waals surface area contributed by atoms with E-state index in [0.717, 1.165) is 0 Å². The molecule has 17 heavy (non-hydrogen) atoms. The molecule has 1 amide bonds. The number of likely N-dealkylation sites (N-methyl/N-ethyl adjacent to an activating group) is 1. The predicted octanol–water partition coefficient (Wildman–Crippen LogP) is 2.91. The van der Waals surface area contributed by atoms with Crippen molar-refractivity contribution in [2.45, 2.75) is 26.3 Å². The molecule has 0 saturated heterocycles. The molecule has 94 valence electrons. The Kier molecular flexibility index (Phi) is 4.65. The molecule has 0 heterocycles. The lowest BCUT2D eigenvalue weighted by molar-refractivity contribution is -0.121. The molecule has 0 fully saturated rings. The van der Waals surface area contributed by atoms with E-state index in [2.05, 4.69) is 26.6 Å². The van der Waals surface area contributed by atoms with Crippen molar-refractivity contribution in [1.29, 1.82) is 0 Å². The van der Waals surface area contributed by atoms with E-state index in [0.29, 0.717) is 16.7 Å². The first-order valence-corrected chi connectivity index (χ1v) is 6.17. The zero-order valence-electron chi connectivity index (χ0n) is 10.1. The SMILES string of the molecule is CCNC(C)(C)C(=O)Nc1ccc(Br)c(F)c1. The maximum absolute atomic E-state index is 13.3. The molecule has 0 saturated carbocycles. The van der Waals surface area contributed by atoms with Gasteiger partial charge in [-0.1, -0.05) is 6.92 Å². The Balaban J connectivity index is 2.77. The highest BCUT2D eigenvalue weighted by molar-refractivity contribution is 9.10. The third kappa shape index (κ3) is 3.78. The minimum Gasteiger partial charge on any atom is -0.324 e. The van der Waals surface area contributed by atoms with Gasteiger partial charge < -0.3 is 10.6 Å². The lowest BCUT2D eigenvalue weighted by Gasteiger charge is -2.24. The zero-order chi connectivity index (χ0) is 13.1. The molecule has 0 radical (unpaired) electrons. The molecule has 1 rings (SSSR count). The summed E-state index contributed by atoms with van der Waals surface area (Å²) in [6.45, 7) is 6.17. The summed E-state index contributed by atoms with van der Waals surface area (Å²) in [4.78, 5) is 11.9. The van der Waals surface area contributed by atoms with Crippen molar-refractivity contribution in [3.63, 3.8) is 0 Å². The van der Waals surface area contributed by atoms with Crippen LogP contribution in [-0.4, -0.2) is 18.0 Å². The van der Waals surface area contributed by atoms with Gasteiger partial charge in [0.2, 0.25) is 5.91 Å². The smallest absolute Gasteiger partial charge is 0.244 e. The first-order chi connectivity index (χ1) is 7.86. The van der Waals surface area contributed by atoms with Gasteiger partial charge in [0.15, 0.2) is 0 Å². The second-order valence-corrected chi connectivity index (χ2v) is 5.09. The van der Waals surface area contributed by atoms with Crippen LogP contribution < -0.4 is 10.6 Å². The Morgan fingerprint density at radius 2 is 2.12 bits per heavy atom. The number of hydrogen-bond donors (Lipinski definition) is 2. The molecule has 1 aromatic carbocycles. The van der Waals surface area contributed by atoms with Crippen LogP contribution in [0.15, 0.2) is 22.7 Å². The van der Waals surface area contributed by atoms with Crippen molar-refractivity contribution >= 4 is 27.5 Å². The van der Waals surface area contributed by atoms with Crippen LogP contribution in [0, 0.1) is 5.82 Å². The van der Waals surface area contributed by atoms with Crippen LogP contribution in [0.1, 0.15) is 20.8 Å². The highest BCUT2D eigenvalue weighted by Gasteiger charge is 2.26. The molecule has 0 aromatic heterocycles. The van der Waals surface area contributed by atoms with Gasteiger partial charge in [0, 0.05) is 5.69 Å². The standard InChI is InChI=1S/C12H16BrFN2O/c1-4-15-12(2,3)11(17)16-8-5-6-9(13)10(14)7-8/h5-7,15H,4H2,1-3H3,(H,16,17). The minimum absolute atomic E-state index is 0.193. The fraction of sp³-hybridized carbons (Fsp3) is 0.417. The van der Waals surface area contributed by atoms with Gasteiger partial charge in [-0.2, -0.15) is 0 Å². The summed E-state index contributed by atoms with van der Waals surface area (Å²) in [5, 5.41) is 5.73. The summed E-state index contributed by atoms with van der Waals surface area (Å²) in [5.41, 5.74) is -0.236. The summed E-state index contributed by atoms with van der Waals surface area (Å²) >= 11 is 3.06. The number of benzene rings is 1. The van der Waals surface area contributed by atoms with Gasteiger partial charge in [-0.3, -0.25) is 4.79 Å². The van der Waals surface area contributed by atoms with Crippen molar-refractivity contribution in [1.82, 2.24) is 5.32 Å². The molecular weight excluding hydrogens is 287 g/mol. The van der Waals surface area contributed by atoms with Crippen molar-refractivity contribution in [3.05, 3.63) is 28.5 Å². The molecule has 3 nitrogen and oxygen atoms in total. The average Bonchev–Trinajstić information content (AvgIpc) is 2.23. The number of halogens is 2. The Hall–Kier alpha value is -0.940. The lowest BCUT2D eigenvalue weighted by atomic mass is 10.0. The molecule has 0 bridgehead atoms. The summed E-state index contributed by atoms with van der Waals surface area (Å²) in [5.74, 6) is -0.592. The van der Waals surface area contributed by atoms with Gasteiger partial charge in [-0.15, -0.1) is 0 Å². The van der Waals surface area contributed by atoms with Crippen LogP contribution in [-0.2, 0) is 4.79 Å². The van der Waals surface area contributed by atoms with Gasteiger partial charge in [-0.05, 0) is 54.5 Å². The minimum atomic E-state index is -0.682. The van der Waals surface area contributed by atoms with Gasteiger partial charge in [0.05, 0.1) is 10.0 Å². The molecule has 0 atom stereocenters. The Morgan fingerprint density at radius 3 is 2.65 bits per heavy atom. The van der Waals surface area contributed by atoms with Gasteiger partial charge in [-0.25, -0.2) is 4.39 Å². The molecule has 0 aliphatic rings. The number of anilines is 1. The molecule has 2 N–H and O–H groups in total. The number of nitrogens with one attached hydrogen (secondary N) is 2. The third-order valence-electron chi connectivity index (χ3n) is 2.36. The molecular formula is C12H16BrFN2O. The summed E-state index contributed by atoms with van der Waals surface area (Å²) in [7, 11) is 0. The summed E-state index contributed by atoms with van der Waals surface area (Å²) in [6.07, 6.45) is 0. The number of carbonyl (C=O) groups excluding carboxylic acids is 1. The number of rotatable bonds is 4. The Morgan fingerprint density at radius 1 is 1.47 bits per heavy atom. The molecule has 0 aliphatic carbocycles. The molecule has 0 aliphatic heterocycles. The zero-order valence-corrected chi connectivity index (χ0v) is 11.7. The second kappa shape index (κ2) is 5.60. The van der Waals surface area contributed by atoms with E-state index in [1.807, 2.05) is 6.92 Å². The molecule has 5 heteroatoms. The molecule has 1 aromatic rings. The third-order valence-corrected chi connectivity index (χ3v) is 3.01. The largest absolute Gasteiger partial charge is 0.324 e. The van der Waals surface area contributed by atoms with E-state index in [1.54, 1.807) is 26.0 Å². The van der Waals surface area contributed by atoms with Crippen LogP contribution in [0.2, 0.25) is 0 Å². The van der Waals surface area contributed by atoms with Gasteiger partial charge in [0.1, 0.15) is 5.82 Å². The van der Waals surface area contributed by atoms with Crippen molar-refractivity contribution in [3.8, 4) is 0 Å². The number of hydrogen-bond acceptors (Lipinski definition) is 2. The van der Waals surface area contributed by atoms with E-state index >= 15 is 0 Å². The summed E-state index contributed by atoms with van der Waals surface area (Å²) < 4.78 is 13.6. The van der Waals surface area contributed by atoms with Crippen LogP contribution >= 0.6 is 15.9 Å². The fourth-order valence-corrected chi connectivity index (χ4v) is 1.63.